The fourth-order valence-electron chi connectivity index (χ4n) is 1.54. The summed E-state index contributed by atoms with van der Waals surface area (Å²) in [6, 6.07) is 4.57. The van der Waals surface area contributed by atoms with E-state index >= 15 is 0 Å². The van der Waals surface area contributed by atoms with Gasteiger partial charge in [-0.1, -0.05) is 0 Å². The van der Waals surface area contributed by atoms with Crippen LogP contribution in [0.5, 0.6) is 5.75 Å². The zero-order valence-electron chi connectivity index (χ0n) is 9.39. The summed E-state index contributed by atoms with van der Waals surface area (Å²) in [5.41, 5.74) is -0.924. The summed E-state index contributed by atoms with van der Waals surface area (Å²) in [5.74, 6) is -1.16. The number of esters is 1. The van der Waals surface area contributed by atoms with E-state index in [-0.39, 0.29) is 16.6 Å². The van der Waals surface area contributed by atoms with E-state index in [0.717, 1.165) is 18.2 Å². The van der Waals surface area contributed by atoms with Crippen molar-refractivity contribution in [3.63, 3.8) is 0 Å². The first-order valence-electron chi connectivity index (χ1n) is 5.01. The third-order valence-corrected chi connectivity index (χ3v) is 2.44. The van der Waals surface area contributed by atoms with Crippen molar-refractivity contribution in [1.29, 1.82) is 0 Å². The lowest BCUT2D eigenvalue weighted by molar-refractivity contribution is 0.0594. The Kier molecular flexibility index (Phi) is 2.85. The van der Waals surface area contributed by atoms with Gasteiger partial charge in [0.25, 0.3) is 0 Å². The highest BCUT2D eigenvalue weighted by atomic mass is 16.5. The zero-order chi connectivity index (χ0) is 13.3. The van der Waals surface area contributed by atoms with Crippen molar-refractivity contribution in [1.82, 2.24) is 4.98 Å². The minimum absolute atomic E-state index is 0.0202. The molecule has 0 aliphatic rings. The molecule has 0 spiro atoms. The van der Waals surface area contributed by atoms with Crippen LogP contribution in [0.3, 0.4) is 0 Å². The Balaban J connectivity index is 2.88. The fourth-order valence-corrected chi connectivity index (χ4v) is 1.54. The van der Waals surface area contributed by atoms with Gasteiger partial charge in [-0.3, -0.25) is 9.59 Å². The third kappa shape index (κ3) is 1.95. The van der Waals surface area contributed by atoms with Gasteiger partial charge in [0.15, 0.2) is 11.2 Å². The van der Waals surface area contributed by atoms with E-state index in [0.29, 0.717) is 0 Å². The second-order valence-corrected chi connectivity index (χ2v) is 3.59. The first-order valence-corrected chi connectivity index (χ1v) is 5.01. The van der Waals surface area contributed by atoms with Crippen molar-refractivity contribution in [2.45, 2.75) is 0 Å². The molecule has 0 amide bonds. The Hall–Kier alpha value is -2.63. The Morgan fingerprint density at radius 2 is 1.94 bits per heavy atom. The van der Waals surface area contributed by atoms with Crippen molar-refractivity contribution in [3.8, 4) is 5.75 Å². The highest BCUT2D eigenvalue weighted by Gasteiger charge is 2.09. The molecular formula is C12H9NO5. The number of nitrogens with one attached hydrogen (secondary N) is 1. The minimum Gasteiger partial charge on any atom is -0.504 e. The number of pyridine rings is 1. The summed E-state index contributed by atoms with van der Waals surface area (Å²) >= 11 is 0. The lowest BCUT2D eigenvalue weighted by Crippen LogP contribution is -2.11. The molecule has 6 nitrogen and oxygen atoms in total. The normalized spacial score (nSPS) is 10.3. The number of aromatic hydroxyl groups is 1. The van der Waals surface area contributed by atoms with Gasteiger partial charge in [0.05, 0.1) is 12.6 Å². The van der Waals surface area contributed by atoms with E-state index in [2.05, 4.69) is 9.72 Å². The highest BCUT2D eigenvalue weighted by molar-refractivity contribution is 5.90. The van der Waals surface area contributed by atoms with E-state index in [1.165, 1.54) is 13.2 Å². The van der Waals surface area contributed by atoms with Crippen molar-refractivity contribution in [3.05, 3.63) is 50.4 Å². The number of methoxy groups -OCH3 is 1. The largest absolute Gasteiger partial charge is 0.504 e. The van der Waals surface area contributed by atoms with Gasteiger partial charge in [-0.25, -0.2) is 4.79 Å². The second-order valence-electron chi connectivity index (χ2n) is 3.59. The van der Waals surface area contributed by atoms with Gasteiger partial charge in [-0.05, 0) is 12.1 Å². The molecule has 2 aromatic rings. The Morgan fingerprint density at radius 3 is 2.61 bits per heavy atom. The summed E-state index contributed by atoms with van der Waals surface area (Å²) in [7, 11) is 1.19. The van der Waals surface area contributed by atoms with Crippen molar-refractivity contribution in [2.75, 3.05) is 7.11 Å². The van der Waals surface area contributed by atoms with E-state index in [1.807, 2.05) is 0 Å². The predicted molar refractivity (Wildman–Crippen MR) is 63.8 cm³/mol. The molecule has 1 heterocycles. The van der Waals surface area contributed by atoms with Crippen molar-refractivity contribution < 1.29 is 14.6 Å². The molecule has 92 valence electrons. The topological polar surface area (TPSA) is 96.5 Å². The molecule has 0 unspecified atom stereocenters. The highest BCUT2D eigenvalue weighted by Crippen LogP contribution is 2.08. The van der Waals surface area contributed by atoms with Crippen LogP contribution in [0.25, 0.3) is 10.9 Å². The van der Waals surface area contributed by atoms with E-state index in [4.69, 9.17) is 0 Å². The number of rotatable bonds is 1. The molecule has 0 aliphatic heterocycles. The average molecular weight is 247 g/mol. The zero-order valence-corrected chi connectivity index (χ0v) is 9.39. The Bertz CT molecular complexity index is 747. The van der Waals surface area contributed by atoms with Crippen LogP contribution >= 0.6 is 0 Å². The SMILES string of the molecule is COC(=O)c1cc(=O)c2cc(=O)c(O)ccc2[nH]1. The standard InChI is InChI=1S/C12H9NO5/c1-18-12(17)8-5-10(15)6-4-11(16)9(14)3-2-7(6)13-8/h2-5H,1H3,(H,13,15)(H,14,16). The molecule has 1 aromatic carbocycles. The molecule has 0 atom stereocenters. The summed E-state index contributed by atoms with van der Waals surface area (Å²) < 4.78 is 4.49. The third-order valence-electron chi connectivity index (χ3n) is 2.44. The molecule has 0 radical (unpaired) electrons. The molecule has 0 aliphatic carbocycles. The average Bonchev–Trinajstić information content (AvgIpc) is 2.50. The molecular weight excluding hydrogens is 238 g/mol. The molecule has 0 saturated carbocycles. The molecule has 0 fully saturated rings. The van der Waals surface area contributed by atoms with Gasteiger partial charge >= 0.3 is 5.97 Å². The maximum Gasteiger partial charge on any atom is 0.354 e. The van der Waals surface area contributed by atoms with Crippen molar-refractivity contribution >= 4 is 16.9 Å². The van der Waals surface area contributed by atoms with Crippen LogP contribution in [-0.2, 0) is 4.74 Å². The van der Waals surface area contributed by atoms with Gasteiger partial charge in [-0.15, -0.1) is 0 Å². The number of carbonyl (C=O) groups is 1. The Labute approximate surface area is 100 Å². The van der Waals surface area contributed by atoms with Crippen LogP contribution < -0.4 is 10.9 Å². The summed E-state index contributed by atoms with van der Waals surface area (Å²) in [4.78, 5) is 37.1. The molecule has 6 heteroatoms. The van der Waals surface area contributed by atoms with E-state index in [1.54, 1.807) is 0 Å². The number of ether oxygens (including phenoxy) is 1. The van der Waals surface area contributed by atoms with Gasteiger partial charge < -0.3 is 14.8 Å². The summed E-state index contributed by atoms with van der Waals surface area (Å²) in [5, 5.41) is 9.38. The van der Waals surface area contributed by atoms with Crippen LogP contribution in [0, 0.1) is 0 Å². The van der Waals surface area contributed by atoms with Crippen molar-refractivity contribution in [2.24, 2.45) is 0 Å². The molecule has 2 N–H and O–H groups in total. The molecule has 1 aromatic heterocycles. The van der Waals surface area contributed by atoms with Crippen LogP contribution in [0.15, 0.2) is 33.9 Å². The number of hydrogen-bond donors (Lipinski definition) is 2. The lowest BCUT2D eigenvalue weighted by atomic mass is 10.2. The summed E-state index contributed by atoms with van der Waals surface area (Å²) in [6.45, 7) is 0. The quantitative estimate of drug-likeness (QED) is 0.710. The first kappa shape index (κ1) is 11.8. The number of carbonyl (C=O) groups excluding carboxylic acids is 1. The Morgan fingerprint density at radius 1 is 1.22 bits per heavy atom. The predicted octanol–water partition coefficient (Wildman–Crippen LogP) is 0.380. The van der Waals surface area contributed by atoms with Gasteiger partial charge in [0.1, 0.15) is 5.69 Å². The molecule has 0 bridgehead atoms. The number of fused-ring (bicyclic) bond motifs is 1. The maximum absolute atomic E-state index is 11.8. The second kappa shape index (κ2) is 4.33. The molecule has 18 heavy (non-hydrogen) atoms. The van der Waals surface area contributed by atoms with Crippen LogP contribution in [0.1, 0.15) is 10.5 Å². The lowest BCUT2D eigenvalue weighted by Gasteiger charge is -2.00. The van der Waals surface area contributed by atoms with Crippen LogP contribution in [-0.4, -0.2) is 23.2 Å². The number of H-pyrrole nitrogens is 1. The van der Waals surface area contributed by atoms with E-state index < -0.39 is 22.6 Å². The van der Waals surface area contributed by atoms with Crippen LogP contribution in [0.4, 0.5) is 0 Å². The first-order chi connectivity index (χ1) is 8.52. The van der Waals surface area contributed by atoms with Gasteiger partial charge in [0, 0.05) is 17.5 Å². The van der Waals surface area contributed by atoms with E-state index in [9.17, 15) is 19.5 Å². The smallest absolute Gasteiger partial charge is 0.354 e. The monoisotopic (exact) mass is 247 g/mol. The van der Waals surface area contributed by atoms with Crippen LogP contribution in [0.2, 0.25) is 0 Å². The number of hydrogen-bond acceptors (Lipinski definition) is 5. The molecule has 0 saturated heterocycles. The summed E-state index contributed by atoms with van der Waals surface area (Å²) in [6.07, 6.45) is 0. The molecule has 2 rings (SSSR count). The number of aromatic nitrogens is 1. The van der Waals surface area contributed by atoms with Gasteiger partial charge in [0.2, 0.25) is 5.43 Å². The maximum atomic E-state index is 11.8. The number of aromatic amines is 1. The van der Waals surface area contributed by atoms with Gasteiger partial charge in [-0.2, -0.15) is 0 Å². The fraction of sp³-hybridized carbons (Fsp3) is 0.0833. The minimum atomic E-state index is -0.688.